The van der Waals surface area contributed by atoms with Crippen molar-refractivity contribution < 1.29 is 13.9 Å². The Balaban J connectivity index is 1.38. The Morgan fingerprint density at radius 1 is 1.21 bits per heavy atom. The van der Waals surface area contributed by atoms with Crippen molar-refractivity contribution in [2.75, 3.05) is 19.7 Å². The van der Waals surface area contributed by atoms with Crippen molar-refractivity contribution >= 4 is 5.91 Å². The summed E-state index contributed by atoms with van der Waals surface area (Å²) in [6.45, 7) is 1.93. The van der Waals surface area contributed by atoms with E-state index in [0.717, 1.165) is 30.7 Å². The van der Waals surface area contributed by atoms with Crippen LogP contribution in [0, 0.1) is 11.7 Å². The van der Waals surface area contributed by atoms with E-state index in [1.165, 1.54) is 12.1 Å². The van der Waals surface area contributed by atoms with Crippen LogP contribution in [0.15, 0.2) is 54.9 Å². The number of likely N-dealkylation sites (tertiary alicyclic amines) is 1. The van der Waals surface area contributed by atoms with Gasteiger partial charge in [0.1, 0.15) is 17.3 Å². The minimum absolute atomic E-state index is 0.0746. The van der Waals surface area contributed by atoms with Crippen LogP contribution in [-0.2, 0) is 0 Å². The van der Waals surface area contributed by atoms with Crippen LogP contribution in [0.2, 0.25) is 0 Å². The summed E-state index contributed by atoms with van der Waals surface area (Å²) in [5, 5.41) is 7.02. The van der Waals surface area contributed by atoms with Crippen LogP contribution in [0.1, 0.15) is 23.3 Å². The van der Waals surface area contributed by atoms with E-state index in [1.807, 2.05) is 17.0 Å². The van der Waals surface area contributed by atoms with Crippen molar-refractivity contribution in [2.24, 2.45) is 5.92 Å². The van der Waals surface area contributed by atoms with E-state index >= 15 is 0 Å². The number of aromatic nitrogens is 3. The number of hydrogen-bond acceptors (Lipinski definition) is 4. The summed E-state index contributed by atoms with van der Waals surface area (Å²) < 4.78 is 18.9. The second-order valence-corrected chi connectivity index (χ2v) is 6.93. The Morgan fingerprint density at radius 3 is 2.79 bits per heavy atom. The van der Waals surface area contributed by atoms with E-state index in [4.69, 9.17) is 4.74 Å². The van der Waals surface area contributed by atoms with E-state index in [1.54, 1.807) is 30.6 Å². The number of carbonyl (C=O) groups excluding carboxylic acids is 1. The van der Waals surface area contributed by atoms with Gasteiger partial charge >= 0.3 is 0 Å². The highest BCUT2D eigenvalue weighted by Gasteiger charge is 2.26. The molecule has 1 N–H and O–H groups in total. The lowest BCUT2D eigenvalue weighted by Gasteiger charge is -2.32. The number of pyridine rings is 1. The van der Waals surface area contributed by atoms with Crippen molar-refractivity contribution in [2.45, 2.75) is 12.8 Å². The van der Waals surface area contributed by atoms with Gasteiger partial charge in [0, 0.05) is 37.0 Å². The quantitative estimate of drug-likeness (QED) is 0.735. The van der Waals surface area contributed by atoms with Crippen LogP contribution in [0.5, 0.6) is 5.75 Å². The number of halogens is 1. The van der Waals surface area contributed by atoms with Crippen molar-refractivity contribution in [1.82, 2.24) is 20.1 Å². The molecule has 1 unspecified atom stereocenters. The lowest BCUT2D eigenvalue weighted by Crippen LogP contribution is -2.41. The number of benzene rings is 1. The number of H-pyrrole nitrogens is 1. The van der Waals surface area contributed by atoms with E-state index in [-0.39, 0.29) is 17.6 Å². The number of piperidine rings is 1. The monoisotopic (exact) mass is 380 g/mol. The Kier molecular flexibility index (Phi) is 5.32. The molecule has 0 saturated carbocycles. The summed E-state index contributed by atoms with van der Waals surface area (Å²) in [4.78, 5) is 18.7. The van der Waals surface area contributed by atoms with Crippen molar-refractivity contribution in [1.29, 1.82) is 0 Å². The molecule has 1 amide bonds. The average Bonchev–Trinajstić information content (AvgIpc) is 3.23. The van der Waals surface area contributed by atoms with Crippen molar-refractivity contribution in [3.05, 3.63) is 66.4 Å². The number of nitrogens with one attached hydrogen (secondary N) is 1. The normalized spacial score (nSPS) is 16.8. The number of nitrogens with zero attached hydrogens (tertiary/aromatic N) is 3. The Morgan fingerprint density at radius 2 is 2.00 bits per heavy atom. The third-order valence-corrected chi connectivity index (χ3v) is 4.89. The van der Waals surface area contributed by atoms with E-state index < -0.39 is 0 Å². The van der Waals surface area contributed by atoms with Crippen LogP contribution < -0.4 is 4.74 Å². The largest absolute Gasteiger partial charge is 0.493 e. The van der Waals surface area contributed by atoms with Gasteiger partial charge in [-0.25, -0.2) is 4.39 Å². The topological polar surface area (TPSA) is 71.1 Å². The molecule has 0 aliphatic carbocycles. The van der Waals surface area contributed by atoms with Gasteiger partial charge < -0.3 is 9.64 Å². The number of hydrogen-bond donors (Lipinski definition) is 1. The molecule has 0 radical (unpaired) electrons. The minimum atomic E-state index is -0.302. The molecule has 144 valence electrons. The number of rotatable bonds is 5. The van der Waals surface area contributed by atoms with Crippen molar-refractivity contribution in [3.8, 4) is 17.0 Å². The highest BCUT2D eigenvalue weighted by Crippen LogP contribution is 2.22. The van der Waals surface area contributed by atoms with Crippen LogP contribution in [0.3, 0.4) is 0 Å². The first kappa shape index (κ1) is 18.2. The zero-order valence-corrected chi connectivity index (χ0v) is 15.3. The first-order chi connectivity index (χ1) is 13.7. The number of amides is 1. The zero-order chi connectivity index (χ0) is 19.3. The van der Waals surface area contributed by atoms with E-state index in [9.17, 15) is 9.18 Å². The fourth-order valence-corrected chi connectivity index (χ4v) is 3.40. The molecule has 28 heavy (non-hydrogen) atoms. The average molecular weight is 380 g/mol. The van der Waals surface area contributed by atoms with Gasteiger partial charge in [-0.1, -0.05) is 0 Å². The van der Waals surface area contributed by atoms with Crippen LogP contribution >= 0.6 is 0 Å². The van der Waals surface area contributed by atoms with Gasteiger partial charge in [-0.2, -0.15) is 5.10 Å². The predicted octanol–water partition coefficient (Wildman–Crippen LogP) is 3.54. The van der Waals surface area contributed by atoms with Gasteiger partial charge in [-0.3, -0.25) is 14.9 Å². The molecule has 6 nitrogen and oxygen atoms in total. The van der Waals surface area contributed by atoms with Gasteiger partial charge in [0.25, 0.3) is 5.91 Å². The molecule has 2 aromatic heterocycles. The summed E-state index contributed by atoms with van der Waals surface area (Å²) in [5.41, 5.74) is 1.83. The molecule has 1 aromatic carbocycles. The predicted molar refractivity (Wildman–Crippen MR) is 102 cm³/mol. The lowest BCUT2D eigenvalue weighted by molar-refractivity contribution is 0.0627. The molecule has 7 heteroatoms. The Bertz CT molecular complexity index is 927. The number of carbonyl (C=O) groups is 1. The molecule has 1 aliphatic rings. The van der Waals surface area contributed by atoms with Crippen LogP contribution in [0.25, 0.3) is 11.3 Å². The van der Waals surface area contributed by atoms with Gasteiger partial charge in [-0.15, -0.1) is 0 Å². The SMILES string of the molecule is O=C(c1cc(-c2ccc(F)cc2)n[nH]1)N1CCCC(COc2ccncc2)C1. The molecule has 3 aromatic rings. The summed E-state index contributed by atoms with van der Waals surface area (Å²) in [6.07, 6.45) is 5.36. The molecule has 1 aliphatic heterocycles. The lowest BCUT2D eigenvalue weighted by atomic mass is 9.98. The van der Waals surface area contributed by atoms with Crippen LogP contribution in [0.4, 0.5) is 4.39 Å². The van der Waals surface area contributed by atoms with Gasteiger partial charge in [0.15, 0.2) is 0 Å². The third-order valence-electron chi connectivity index (χ3n) is 4.89. The van der Waals surface area contributed by atoms with Gasteiger partial charge in [0.2, 0.25) is 0 Å². The summed E-state index contributed by atoms with van der Waals surface area (Å²) in [6, 6.07) is 11.4. The summed E-state index contributed by atoms with van der Waals surface area (Å²) in [7, 11) is 0. The summed E-state index contributed by atoms with van der Waals surface area (Å²) in [5.74, 6) is 0.694. The second kappa shape index (κ2) is 8.21. The molecule has 0 bridgehead atoms. The first-order valence-electron chi connectivity index (χ1n) is 9.32. The maximum Gasteiger partial charge on any atom is 0.271 e. The standard InChI is InChI=1S/C21H21FN4O2/c22-17-5-3-16(4-6-17)19-12-20(25-24-19)21(27)26-11-1-2-15(13-26)14-28-18-7-9-23-10-8-18/h3-10,12,15H,1-2,11,13-14H2,(H,24,25). The highest BCUT2D eigenvalue weighted by molar-refractivity contribution is 5.93. The maximum atomic E-state index is 13.1. The Labute approximate surface area is 162 Å². The van der Waals surface area contributed by atoms with Crippen LogP contribution in [-0.4, -0.2) is 45.7 Å². The second-order valence-electron chi connectivity index (χ2n) is 6.93. The fraction of sp³-hybridized carbons (Fsp3) is 0.286. The smallest absolute Gasteiger partial charge is 0.271 e. The van der Waals surface area contributed by atoms with Gasteiger partial charge in [0.05, 0.1) is 12.3 Å². The fourth-order valence-electron chi connectivity index (χ4n) is 3.40. The zero-order valence-electron chi connectivity index (χ0n) is 15.3. The molecule has 1 fully saturated rings. The first-order valence-corrected chi connectivity index (χ1v) is 9.32. The number of ether oxygens (including phenoxy) is 1. The van der Waals surface area contributed by atoms with E-state index in [0.29, 0.717) is 24.5 Å². The van der Waals surface area contributed by atoms with Crippen molar-refractivity contribution in [3.63, 3.8) is 0 Å². The summed E-state index contributed by atoms with van der Waals surface area (Å²) >= 11 is 0. The molecule has 1 atom stereocenters. The van der Waals surface area contributed by atoms with Gasteiger partial charge in [-0.05, 0) is 55.3 Å². The van der Waals surface area contributed by atoms with E-state index in [2.05, 4.69) is 15.2 Å². The Hall–Kier alpha value is -3.22. The molecule has 4 rings (SSSR count). The molecule has 1 saturated heterocycles. The molecule has 0 spiro atoms. The highest BCUT2D eigenvalue weighted by atomic mass is 19.1. The molecule has 3 heterocycles. The third kappa shape index (κ3) is 4.19. The molecular formula is C21H21FN4O2. The number of aromatic amines is 1. The maximum absolute atomic E-state index is 13.1. The molecular weight excluding hydrogens is 359 g/mol. The minimum Gasteiger partial charge on any atom is -0.493 e.